The van der Waals surface area contributed by atoms with Crippen LogP contribution in [0.5, 0.6) is 5.75 Å². The van der Waals surface area contributed by atoms with E-state index >= 15 is 0 Å². The van der Waals surface area contributed by atoms with E-state index in [0.29, 0.717) is 27.0 Å². The Bertz CT molecular complexity index is 1180. The molecular formula is C24H24N3O3+. The lowest BCUT2D eigenvalue weighted by atomic mass is 9.82. The fraction of sp³-hybridized carbons (Fsp3) is 0.167. The van der Waals surface area contributed by atoms with Gasteiger partial charge in [0, 0.05) is 35.0 Å². The number of carbonyl (C=O) groups excluding carboxylic acids is 2. The summed E-state index contributed by atoms with van der Waals surface area (Å²) < 4.78 is 6.08. The van der Waals surface area contributed by atoms with Crippen LogP contribution in [0, 0.1) is 0 Å². The van der Waals surface area contributed by atoms with Gasteiger partial charge in [-0.3, -0.25) is 14.1 Å². The van der Waals surface area contributed by atoms with Crippen LogP contribution in [-0.2, 0) is 0 Å². The summed E-state index contributed by atoms with van der Waals surface area (Å²) in [7, 11) is 7.75. The van der Waals surface area contributed by atoms with Crippen LogP contribution in [-0.4, -0.2) is 39.8 Å². The highest BCUT2D eigenvalue weighted by Crippen LogP contribution is 2.41. The molecule has 0 fully saturated rings. The molecular weight excluding hydrogens is 378 g/mol. The fourth-order valence-corrected chi connectivity index (χ4v) is 3.71. The van der Waals surface area contributed by atoms with Crippen molar-refractivity contribution < 1.29 is 14.3 Å². The lowest BCUT2D eigenvalue weighted by Gasteiger charge is -2.25. The first-order chi connectivity index (χ1) is 14.2. The second kappa shape index (κ2) is 7.00. The Morgan fingerprint density at radius 2 is 1.43 bits per heavy atom. The number of quaternary nitrogens is 1. The Kier molecular flexibility index (Phi) is 4.59. The average Bonchev–Trinajstić information content (AvgIpc) is 2.72. The van der Waals surface area contributed by atoms with Crippen LogP contribution in [0.1, 0.15) is 31.8 Å². The molecule has 30 heavy (non-hydrogen) atoms. The number of ketones is 2. The van der Waals surface area contributed by atoms with Crippen LogP contribution in [0.3, 0.4) is 0 Å². The largest absolute Gasteiger partial charge is 0.494 e. The van der Waals surface area contributed by atoms with Gasteiger partial charge in [0.15, 0.2) is 11.6 Å². The number of anilines is 3. The highest BCUT2D eigenvalue weighted by Gasteiger charge is 2.35. The summed E-state index contributed by atoms with van der Waals surface area (Å²) in [5.41, 5.74) is 10.0. The fourth-order valence-electron chi connectivity index (χ4n) is 3.71. The molecule has 0 spiro atoms. The molecule has 1 aliphatic carbocycles. The van der Waals surface area contributed by atoms with Crippen molar-refractivity contribution in [1.82, 2.24) is 4.48 Å². The summed E-state index contributed by atoms with van der Waals surface area (Å²) >= 11 is 0. The number of carbonyl (C=O) groups is 2. The first kappa shape index (κ1) is 19.7. The van der Waals surface area contributed by atoms with E-state index in [-0.39, 0.29) is 28.4 Å². The van der Waals surface area contributed by atoms with Crippen molar-refractivity contribution in [3.05, 3.63) is 76.9 Å². The molecule has 0 saturated heterocycles. The number of hydrogen-bond donors (Lipinski definition) is 2. The predicted molar refractivity (Wildman–Crippen MR) is 120 cm³/mol. The second-order valence-electron chi connectivity index (χ2n) is 8.18. The lowest BCUT2D eigenvalue weighted by molar-refractivity contribution is 0.0980. The minimum absolute atomic E-state index is 0.172. The molecule has 4 rings (SSSR count). The highest BCUT2D eigenvalue weighted by atomic mass is 16.5. The van der Waals surface area contributed by atoms with E-state index in [1.807, 2.05) is 24.3 Å². The van der Waals surface area contributed by atoms with Gasteiger partial charge in [-0.05, 0) is 12.1 Å². The SMILES string of the molecule is COc1cc(Nc2ccc([N+](C)(C)C)cc2)c2c(c1N)C(=O)c1ccccc1C2=O. The molecule has 1 aliphatic rings. The van der Waals surface area contributed by atoms with E-state index in [4.69, 9.17) is 10.5 Å². The molecule has 0 aromatic heterocycles. The number of nitrogens with zero attached hydrogens (tertiary/aromatic N) is 1. The Hall–Kier alpha value is -3.64. The van der Waals surface area contributed by atoms with Gasteiger partial charge in [0.25, 0.3) is 0 Å². The van der Waals surface area contributed by atoms with Crippen LogP contribution >= 0.6 is 0 Å². The van der Waals surface area contributed by atoms with E-state index in [1.165, 1.54) is 7.11 Å². The summed E-state index contributed by atoms with van der Waals surface area (Å²) in [6, 6.07) is 16.4. The molecule has 3 aromatic rings. The molecule has 152 valence electrons. The summed E-state index contributed by atoms with van der Waals surface area (Å²) in [5.74, 6) is -0.167. The predicted octanol–water partition coefficient (Wildman–Crippen LogP) is 3.99. The van der Waals surface area contributed by atoms with Crippen LogP contribution < -0.4 is 20.3 Å². The van der Waals surface area contributed by atoms with Gasteiger partial charge in [-0.25, -0.2) is 0 Å². The smallest absolute Gasteiger partial charge is 0.196 e. The maximum atomic E-state index is 13.3. The van der Waals surface area contributed by atoms with E-state index in [0.717, 1.165) is 11.4 Å². The number of ether oxygens (including phenoxy) is 1. The number of nitrogen functional groups attached to an aromatic ring is 1. The first-order valence-electron chi connectivity index (χ1n) is 9.60. The maximum absolute atomic E-state index is 13.3. The third kappa shape index (κ3) is 3.11. The number of benzene rings is 3. The summed E-state index contributed by atoms with van der Waals surface area (Å²) in [5, 5.41) is 3.28. The maximum Gasteiger partial charge on any atom is 0.196 e. The Morgan fingerprint density at radius 1 is 0.867 bits per heavy atom. The lowest BCUT2D eigenvalue weighted by Crippen LogP contribution is -2.34. The van der Waals surface area contributed by atoms with Gasteiger partial charge in [-0.2, -0.15) is 0 Å². The molecule has 3 N–H and O–H groups in total. The minimum Gasteiger partial charge on any atom is -0.494 e. The number of rotatable bonds is 4. The Labute approximate surface area is 175 Å². The van der Waals surface area contributed by atoms with Crippen molar-refractivity contribution in [3.8, 4) is 5.75 Å². The zero-order chi connectivity index (χ0) is 21.6. The number of hydrogen-bond acceptors (Lipinski definition) is 5. The topological polar surface area (TPSA) is 81.4 Å². The van der Waals surface area contributed by atoms with Gasteiger partial charge in [0.1, 0.15) is 11.4 Å². The van der Waals surface area contributed by atoms with Crippen molar-refractivity contribution in [3.63, 3.8) is 0 Å². The highest BCUT2D eigenvalue weighted by molar-refractivity contribution is 6.32. The van der Waals surface area contributed by atoms with Crippen molar-refractivity contribution >= 4 is 34.3 Å². The van der Waals surface area contributed by atoms with Crippen molar-refractivity contribution in [2.24, 2.45) is 0 Å². The number of nitrogens with one attached hydrogen (secondary N) is 1. The summed E-state index contributed by atoms with van der Waals surface area (Å²) in [4.78, 5) is 26.5. The first-order valence-corrected chi connectivity index (χ1v) is 9.60. The van der Waals surface area contributed by atoms with E-state index < -0.39 is 0 Å². The van der Waals surface area contributed by atoms with E-state index in [2.05, 4.69) is 26.5 Å². The van der Waals surface area contributed by atoms with E-state index in [1.54, 1.807) is 30.3 Å². The van der Waals surface area contributed by atoms with Gasteiger partial charge in [-0.1, -0.05) is 24.3 Å². The van der Waals surface area contributed by atoms with E-state index in [9.17, 15) is 9.59 Å². The van der Waals surface area contributed by atoms with Gasteiger partial charge >= 0.3 is 0 Å². The molecule has 0 bridgehead atoms. The quantitative estimate of drug-likeness (QED) is 0.398. The zero-order valence-electron chi connectivity index (χ0n) is 17.4. The molecule has 3 aromatic carbocycles. The molecule has 0 amide bonds. The molecule has 0 aliphatic heterocycles. The van der Waals surface area contributed by atoms with Crippen LogP contribution in [0.2, 0.25) is 0 Å². The molecule has 0 saturated carbocycles. The van der Waals surface area contributed by atoms with Crippen LogP contribution in [0.4, 0.5) is 22.7 Å². The summed E-state index contributed by atoms with van der Waals surface area (Å²) in [6.07, 6.45) is 0. The van der Waals surface area contributed by atoms with Gasteiger partial charge in [-0.15, -0.1) is 0 Å². The number of fused-ring (bicyclic) bond motifs is 2. The minimum atomic E-state index is -0.278. The Morgan fingerprint density at radius 3 is 1.97 bits per heavy atom. The van der Waals surface area contributed by atoms with Gasteiger partial charge < -0.3 is 15.8 Å². The number of methoxy groups -OCH3 is 1. The summed E-state index contributed by atoms with van der Waals surface area (Å²) in [6.45, 7) is 0. The van der Waals surface area contributed by atoms with Crippen LogP contribution in [0.15, 0.2) is 54.6 Å². The molecule has 0 atom stereocenters. The van der Waals surface area contributed by atoms with Gasteiger partial charge in [0.05, 0.1) is 50.8 Å². The van der Waals surface area contributed by atoms with Crippen molar-refractivity contribution in [1.29, 1.82) is 0 Å². The normalized spacial score (nSPS) is 12.9. The third-order valence-corrected chi connectivity index (χ3v) is 5.34. The molecule has 0 unspecified atom stereocenters. The second-order valence-corrected chi connectivity index (χ2v) is 8.18. The molecule has 6 nitrogen and oxygen atoms in total. The average molecular weight is 402 g/mol. The standard InChI is InChI=1S/C24H23N3O3/c1-27(2,3)15-11-9-14(10-12-15)26-18-13-19(30-4)22(25)21-20(18)23(28)16-7-5-6-8-17(16)24(21)29/h5-13H,1-4H3,(H2-,25,26,28,29)/p+1. The van der Waals surface area contributed by atoms with Crippen molar-refractivity contribution in [2.45, 2.75) is 0 Å². The van der Waals surface area contributed by atoms with Gasteiger partial charge in [0.2, 0.25) is 0 Å². The Balaban J connectivity index is 1.86. The third-order valence-electron chi connectivity index (χ3n) is 5.34. The van der Waals surface area contributed by atoms with Crippen molar-refractivity contribution in [2.75, 3.05) is 39.3 Å². The number of nitrogens with two attached hydrogens (primary N) is 1. The molecule has 0 heterocycles. The monoisotopic (exact) mass is 402 g/mol. The zero-order valence-corrected chi connectivity index (χ0v) is 17.4. The van der Waals surface area contributed by atoms with Crippen LogP contribution in [0.25, 0.3) is 0 Å². The molecule has 6 heteroatoms. The molecule has 0 radical (unpaired) electrons.